The highest BCUT2D eigenvalue weighted by Crippen LogP contribution is 2.47. The molecule has 3 atom stereocenters. The Hall–Kier alpha value is -1.06. The van der Waals surface area contributed by atoms with Gasteiger partial charge in [0.1, 0.15) is 0 Å². The number of fused-ring (bicyclic) bond motifs is 2. The van der Waals surface area contributed by atoms with E-state index >= 15 is 0 Å². The fourth-order valence-electron chi connectivity index (χ4n) is 2.93. The van der Waals surface area contributed by atoms with Gasteiger partial charge in [0, 0.05) is 6.54 Å². The molecule has 2 rings (SSSR count). The Balaban J connectivity index is 1.77. The van der Waals surface area contributed by atoms with Gasteiger partial charge in [-0.15, -0.1) is 0 Å². The van der Waals surface area contributed by atoms with Crippen LogP contribution >= 0.6 is 0 Å². The van der Waals surface area contributed by atoms with Crippen LogP contribution in [0, 0.1) is 17.8 Å². The maximum Gasteiger partial charge on any atom is 0.394 e. The molecule has 0 saturated heterocycles. The molecule has 4 heteroatoms. The van der Waals surface area contributed by atoms with E-state index in [1.54, 1.807) is 0 Å². The van der Waals surface area contributed by atoms with Crippen LogP contribution in [-0.4, -0.2) is 23.5 Å². The molecule has 0 aromatic rings. The fraction of sp³-hybridized carbons (Fsp3) is 0.800. The average molecular weight is 197 g/mol. The normalized spacial score (nSPS) is 34.4. The highest BCUT2D eigenvalue weighted by molar-refractivity contribution is 6.31. The van der Waals surface area contributed by atoms with Gasteiger partial charge in [0.2, 0.25) is 0 Å². The number of amides is 1. The van der Waals surface area contributed by atoms with Crippen LogP contribution < -0.4 is 5.32 Å². The van der Waals surface area contributed by atoms with Crippen LogP contribution in [0.1, 0.15) is 25.7 Å². The first kappa shape index (κ1) is 9.49. The SMILES string of the molecule is O=C(O)C(=O)NCC1CC2CCC1C2. The predicted octanol–water partition coefficient (Wildman–Crippen LogP) is 0.623. The van der Waals surface area contributed by atoms with Crippen LogP contribution in [0.15, 0.2) is 0 Å². The predicted molar refractivity (Wildman–Crippen MR) is 49.6 cm³/mol. The topological polar surface area (TPSA) is 66.4 Å². The second kappa shape index (κ2) is 3.59. The lowest BCUT2D eigenvalue weighted by Crippen LogP contribution is -2.35. The highest BCUT2D eigenvalue weighted by atomic mass is 16.4. The number of nitrogens with one attached hydrogen (secondary N) is 1. The van der Waals surface area contributed by atoms with Crippen LogP contribution in [0.25, 0.3) is 0 Å². The smallest absolute Gasteiger partial charge is 0.394 e. The van der Waals surface area contributed by atoms with Gasteiger partial charge in [-0.2, -0.15) is 0 Å². The van der Waals surface area contributed by atoms with Gasteiger partial charge in [-0.05, 0) is 37.0 Å². The molecule has 0 radical (unpaired) electrons. The third-order valence-electron chi connectivity index (χ3n) is 3.60. The molecule has 0 aromatic heterocycles. The summed E-state index contributed by atoms with van der Waals surface area (Å²) in [7, 11) is 0. The molecule has 0 aliphatic heterocycles. The highest BCUT2D eigenvalue weighted by Gasteiger charge is 2.39. The van der Waals surface area contributed by atoms with Gasteiger partial charge in [0.05, 0.1) is 0 Å². The monoisotopic (exact) mass is 197 g/mol. The number of carboxylic acids is 1. The molecular formula is C10H15NO3. The van der Waals surface area contributed by atoms with E-state index in [0.29, 0.717) is 12.5 Å². The zero-order valence-electron chi connectivity index (χ0n) is 8.03. The number of rotatable bonds is 2. The van der Waals surface area contributed by atoms with Crippen LogP contribution in [0.5, 0.6) is 0 Å². The van der Waals surface area contributed by atoms with Crippen molar-refractivity contribution in [1.29, 1.82) is 0 Å². The first-order valence-corrected chi connectivity index (χ1v) is 5.18. The molecule has 2 fully saturated rings. The molecule has 14 heavy (non-hydrogen) atoms. The maximum absolute atomic E-state index is 10.8. The molecule has 2 bridgehead atoms. The average Bonchev–Trinajstić information content (AvgIpc) is 2.74. The summed E-state index contributed by atoms with van der Waals surface area (Å²) in [6.07, 6.45) is 5.05. The van der Waals surface area contributed by atoms with Crippen molar-refractivity contribution in [2.24, 2.45) is 17.8 Å². The lowest BCUT2D eigenvalue weighted by molar-refractivity contribution is -0.150. The van der Waals surface area contributed by atoms with E-state index in [-0.39, 0.29) is 0 Å². The molecular weight excluding hydrogens is 182 g/mol. The minimum absolute atomic E-state index is 0.525. The Bertz CT molecular complexity index is 264. The second-order valence-electron chi connectivity index (χ2n) is 4.45. The van der Waals surface area contributed by atoms with Crippen LogP contribution in [-0.2, 0) is 9.59 Å². The van der Waals surface area contributed by atoms with Gasteiger partial charge in [-0.3, -0.25) is 4.79 Å². The Labute approximate surface area is 82.7 Å². The van der Waals surface area contributed by atoms with Crippen molar-refractivity contribution in [3.05, 3.63) is 0 Å². The largest absolute Gasteiger partial charge is 0.474 e. The van der Waals surface area contributed by atoms with Crippen LogP contribution in [0.2, 0.25) is 0 Å². The standard InChI is InChI=1S/C10H15NO3/c12-9(10(13)14)11-5-8-4-6-1-2-7(8)3-6/h6-8H,1-5H2,(H,11,12)(H,13,14). The summed E-state index contributed by atoms with van der Waals surface area (Å²) in [4.78, 5) is 21.0. The summed E-state index contributed by atoms with van der Waals surface area (Å²) in [5, 5.41) is 10.8. The Morgan fingerprint density at radius 3 is 2.57 bits per heavy atom. The molecule has 0 heterocycles. The number of carbonyl (C=O) groups is 2. The molecule has 0 aromatic carbocycles. The van der Waals surface area contributed by atoms with Crippen LogP contribution in [0.4, 0.5) is 0 Å². The van der Waals surface area contributed by atoms with Crippen molar-refractivity contribution >= 4 is 11.9 Å². The number of carbonyl (C=O) groups excluding carboxylic acids is 1. The molecule has 78 valence electrons. The summed E-state index contributed by atoms with van der Waals surface area (Å²) >= 11 is 0. The van der Waals surface area contributed by atoms with E-state index in [1.165, 1.54) is 25.7 Å². The Morgan fingerprint density at radius 2 is 2.07 bits per heavy atom. The summed E-state index contributed by atoms with van der Waals surface area (Å²) < 4.78 is 0. The van der Waals surface area contributed by atoms with E-state index in [4.69, 9.17) is 5.11 Å². The fourth-order valence-corrected chi connectivity index (χ4v) is 2.93. The van der Waals surface area contributed by atoms with Crippen molar-refractivity contribution in [1.82, 2.24) is 5.32 Å². The summed E-state index contributed by atoms with van der Waals surface area (Å²) in [5.74, 6) is -0.154. The molecule has 3 unspecified atom stereocenters. The van der Waals surface area contributed by atoms with Crippen molar-refractivity contribution in [3.63, 3.8) is 0 Å². The minimum Gasteiger partial charge on any atom is -0.474 e. The summed E-state index contributed by atoms with van der Waals surface area (Å²) in [5.41, 5.74) is 0. The zero-order chi connectivity index (χ0) is 10.1. The zero-order valence-corrected chi connectivity index (χ0v) is 8.03. The van der Waals surface area contributed by atoms with Gasteiger partial charge in [0.15, 0.2) is 0 Å². The number of aliphatic carboxylic acids is 1. The van der Waals surface area contributed by atoms with E-state index in [0.717, 1.165) is 11.8 Å². The van der Waals surface area contributed by atoms with Crippen molar-refractivity contribution in [2.45, 2.75) is 25.7 Å². The molecule has 2 aliphatic rings. The third-order valence-corrected chi connectivity index (χ3v) is 3.60. The van der Waals surface area contributed by atoms with Gasteiger partial charge < -0.3 is 10.4 Å². The summed E-state index contributed by atoms with van der Waals surface area (Å²) in [6.45, 7) is 0.548. The first-order valence-electron chi connectivity index (χ1n) is 5.18. The van der Waals surface area contributed by atoms with E-state index in [9.17, 15) is 9.59 Å². The number of hydrogen-bond donors (Lipinski definition) is 2. The maximum atomic E-state index is 10.8. The molecule has 2 saturated carbocycles. The molecule has 4 nitrogen and oxygen atoms in total. The quantitative estimate of drug-likeness (QED) is 0.638. The van der Waals surface area contributed by atoms with Gasteiger partial charge >= 0.3 is 11.9 Å². The lowest BCUT2D eigenvalue weighted by Gasteiger charge is -2.21. The van der Waals surface area contributed by atoms with Gasteiger partial charge in [-0.25, -0.2) is 4.79 Å². The van der Waals surface area contributed by atoms with Gasteiger partial charge in [-0.1, -0.05) is 6.42 Å². The molecule has 0 spiro atoms. The second-order valence-corrected chi connectivity index (χ2v) is 4.45. The van der Waals surface area contributed by atoms with Gasteiger partial charge in [0.25, 0.3) is 0 Å². The van der Waals surface area contributed by atoms with Crippen molar-refractivity contribution in [3.8, 4) is 0 Å². The summed E-state index contributed by atoms with van der Waals surface area (Å²) in [6, 6.07) is 0. The molecule has 2 N–H and O–H groups in total. The minimum atomic E-state index is -1.38. The number of hydrogen-bond acceptors (Lipinski definition) is 2. The van der Waals surface area contributed by atoms with E-state index in [1.807, 2.05) is 0 Å². The van der Waals surface area contributed by atoms with E-state index < -0.39 is 11.9 Å². The Kier molecular flexibility index (Phi) is 2.44. The number of carboxylic acid groups (broad SMARTS) is 1. The lowest BCUT2D eigenvalue weighted by atomic mass is 9.89. The third kappa shape index (κ3) is 1.74. The molecule has 2 aliphatic carbocycles. The molecule has 1 amide bonds. The van der Waals surface area contributed by atoms with Crippen molar-refractivity contribution < 1.29 is 14.7 Å². The van der Waals surface area contributed by atoms with Crippen LogP contribution in [0.3, 0.4) is 0 Å². The van der Waals surface area contributed by atoms with Crippen molar-refractivity contribution in [2.75, 3.05) is 6.54 Å². The Morgan fingerprint density at radius 1 is 1.29 bits per heavy atom. The van der Waals surface area contributed by atoms with E-state index in [2.05, 4.69) is 5.32 Å². The first-order chi connectivity index (χ1) is 6.66.